The van der Waals surface area contributed by atoms with Crippen LogP contribution < -0.4 is 15.4 Å². The number of benzene rings is 2. The summed E-state index contributed by atoms with van der Waals surface area (Å²) in [6.07, 6.45) is 7.62. The van der Waals surface area contributed by atoms with Crippen molar-refractivity contribution in [1.82, 2.24) is 30.5 Å². The molecule has 170 valence electrons. The van der Waals surface area contributed by atoms with E-state index < -0.39 is 0 Å². The van der Waals surface area contributed by atoms with Crippen LogP contribution in [0.2, 0.25) is 0 Å². The summed E-state index contributed by atoms with van der Waals surface area (Å²) < 4.78 is 6.47. The van der Waals surface area contributed by atoms with Crippen molar-refractivity contribution in [3.05, 3.63) is 66.4 Å². The van der Waals surface area contributed by atoms with E-state index in [0.29, 0.717) is 5.95 Å². The Bertz CT molecular complexity index is 1400. The summed E-state index contributed by atoms with van der Waals surface area (Å²) >= 11 is 1.60. The molecule has 0 atom stereocenters. The monoisotopic (exact) mass is 469 g/mol. The van der Waals surface area contributed by atoms with Gasteiger partial charge in [0.2, 0.25) is 5.95 Å². The van der Waals surface area contributed by atoms with Gasteiger partial charge in [-0.25, -0.2) is 15.0 Å². The molecule has 0 bridgehead atoms. The van der Waals surface area contributed by atoms with Gasteiger partial charge in [0.25, 0.3) is 0 Å². The summed E-state index contributed by atoms with van der Waals surface area (Å²) in [4.78, 5) is 13.9. The van der Waals surface area contributed by atoms with Crippen LogP contribution in [0.5, 0.6) is 5.75 Å². The normalized spacial score (nSPS) is 14.4. The molecule has 0 amide bonds. The Morgan fingerprint density at radius 2 is 2.00 bits per heavy atom. The first kappa shape index (κ1) is 20.8. The van der Waals surface area contributed by atoms with E-state index in [2.05, 4.69) is 36.9 Å². The standard InChI is InChI=1S/C25H23N7OS/c1-2-16(21-6-9-29-32-21)12-18(3-1)30-25-28-15-17-13-20(24-27-10-11-34-24)23(14-22(17)31-25)33-19-4-7-26-8-5-19/h1-3,6,9-15,19,26H,4-5,7-8H2,(H,29,32)(H,28,30,31). The second kappa shape index (κ2) is 9.20. The second-order valence-corrected chi connectivity index (χ2v) is 9.07. The van der Waals surface area contributed by atoms with Gasteiger partial charge in [0.05, 0.1) is 16.8 Å². The quantitative estimate of drug-likeness (QED) is 0.321. The lowest BCUT2D eigenvalue weighted by molar-refractivity contribution is 0.163. The molecule has 5 aromatic rings. The predicted molar refractivity (Wildman–Crippen MR) is 134 cm³/mol. The SMILES string of the molecule is c1cc(Nc2ncc3cc(-c4nccs4)c(OC4CCNCC4)cc3n2)cc(-c2cc[nH]n2)c1. The van der Waals surface area contributed by atoms with E-state index in [-0.39, 0.29) is 6.10 Å². The average molecular weight is 470 g/mol. The molecule has 0 saturated carbocycles. The number of nitrogens with one attached hydrogen (secondary N) is 3. The van der Waals surface area contributed by atoms with E-state index in [1.54, 1.807) is 11.3 Å². The largest absolute Gasteiger partial charge is 0.490 e. The molecule has 1 aliphatic rings. The number of aromatic nitrogens is 5. The molecule has 9 heteroatoms. The maximum atomic E-state index is 6.47. The summed E-state index contributed by atoms with van der Waals surface area (Å²) in [5, 5.41) is 17.7. The van der Waals surface area contributed by atoms with Gasteiger partial charge in [0, 0.05) is 46.7 Å². The molecule has 3 N–H and O–H groups in total. The summed E-state index contributed by atoms with van der Waals surface area (Å²) in [6.45, 7) is 1.94. The van der Waals surface area contributed by atoms with Crippen molar-refractivity contribution in [1.29, 1.82) is 0 Å². The van der Waals surface area contributed by atoms with Crippen molar-refractivity contribution in [2.24, 2.45) is 0 Å². The summed E-state index contributed by atoms with van der Waals surface area (Å²) in [5.41, 5.74) is 4.60. The topological polar surface area (TPSA) is 101 Å². The van der Waals surface area contributed by atoms with Crippen LogP contribution in [0.1, 0.15) is 12.8 Å². The van der Waals surface area contributed by atoms with E-state index >= 15 is 0 Å². The number of anilines is 2. The first-order valence-electron chi connectivity index (χ1n) is 11.3. The summed E-state index contributed by atoms with van der Waals surface area (Å²) in [7, 11) is 0. The molecule has 1 saturated heterocycles. The van der Waals surface area contributed by atoms with E-state index in [1.807, 2.05) is 60.4 Å². The molecular weight excluding hydrogens is 446 g/mol. The fraction of sp³-hybridized carbons (Fsp3) is 0.200. The molecule has 3 aromatic heterocycles. The lowest BCUT2D eigenvalue weighted by atomic mass is 10.1. The van der Waals surface area contributed by atoms with Gasteiger partial charge in [0.15, 0.2) is 0 Å². The van der Waals surface area contributed by atoms with Gasteiger partial charge in [-0.15, -0.1) is 11.3 Å². The third-order valence-electron chi connectivity index (χ3n) is 5.84. The Kier molecular flexibility index (Phi) is 5.62. The van der Waals surface area contributed by atoms with E-state index in [0.717, 1.165) is 70.1 Å². The lowest BCUT2D eigenvalue weighted by Crippen LogP contribution is -2.34. The van der Waals surface area contributed by atoms with Gasteiger partial charge >= 0.3 is 0 Å². The smallest absolute Gasteiger partial charge is 0.227 e. The molecule has 1 fully saturated rings. The Hall–Kier alpha value is -3.82. The zero-order chi connectivity index (χ0) is 22.7. The minimum atomic E-state index is 0.182. The Morgan fingerprint density at radius 1 is 1.06 bits per heavy atom. The van der Waals surface area contributed by atoms with Crippen molar-refractivity contribution < 1.29 is 4.74 Å². The van der Waals surface area contributed by atoms with Crippen molar-refractivity contribution in [2.75, 3.05) is 18.4 Å². The van der Waals surface area contributed by atoms with Crippen LogP contribution in [0.15, 0.2) is 66.4 Å². The summed E-state index contributed by atoms with van der Waals surface area (Å²) in [6, 6.07) is 14.1. The maximum Gasteiger partial charge on any atom is 0.227 e. The predicted octanol–water partition coefficient (Wildman–Crippen LogP) is 5.02. The van der Waals surface area contributed by atoms with Crippen molar-refractivity contribution in [2.45, 2.75) is 18.9 Å². The molecule has 2 aromatic carbocycles. The molecule has 1 aliphatic heterocycles. The fourth-order valence-corrected chi connectivity index (χ4v) is 4.80. The van der Waals surface area contributed by atoms with Crippen LogP contribution in [0.25, 0.3) is 32.7 Å². The van der Waals surface area contributed by atoms with Crippen molar-refractivity contribution in [3.63, 3.8) is 0 Å². The number of piperidine rings is 1. The molecule has 8 nitrogen and oxygen atoms in total. The number of H-pyrrole nitrogens is 1. The average Bonchev–Trinajstić information content (AvgIpc) is 3.59. The van der Waals surface area contributed by atoms with E-state index in [1.165, 1.54) is 0 Å². The zero-order valence-electron chi connectivity index (χ0n) is 18.4. The van der Waals surface area contributed by atoms with Crippen LogP contribution in [-0.4, -0.2) is 44.3 Å². The van der Waals surface area contributed by atoms with Gasteiger partial charge in [-0.2, -0.15) is 5.10 Å². The number of ether oxygens (including phenoxy) is 1. The van der Waals surface area contributed by atoms with Crippen molar-refractivity contribution in [3.8, 4) is 27.6 Å². The van der Waals surface area contributed by atoms with Gasteiger partial charge < -0.3 is 15.4 Å². The molecule has 0 radical (unpaired) electrons. The highest BCUT2D eigenvalue weighted by molar-refractivity contribution is 7.13. The van der Waals surface area contributed by atoms with Gasteiger partial charge in [-0.05, 0) is 50.2 Å². The number of rotatable bonds is 6. The Labute approximate surface area is 200 Å². The van der Waals surface area contributed by atoms with E-state index in [9.17, 15) is 0 Å². The highest BCUT2D eigenvalue weighted by atomic mass is 32.1. The van der Waals surface area contributed by atoms with Crippen LogP contribution in [0.3, 0.4) is 0 Å². The molecule has 34 heavy (non-hydrogen) atoms. The zero-order valence-corrected chi connectivity index (χ0v) is 19.2. The third kappa shape index (κ3) is 4.35. The van der Waals surface area contributed by atoms with Gasteiger partial charge in [-0.3, -0.25) is 5.10 Å². The van der Waals surface area contributed by atoms with E-state index in [4.69, 9.17) is 9.72 Å². The first-order chi connectivity index (χ1) is 16.8. The number of aromatic amines is 1. The second-order valence-electron chi connectivity index (χ2n) is 8.17. The Balaban J connectivity index is 1.33. The Morgan fingerprint density at radius 3 is 2.82 bits per heavy atom. The molecular formula is C25H23N7OS. The van der Waals surface area contributed by atoms with Gasteiger partial charge in [-0.1, -0.05) is 12.1 Å². The highest BCUT2D eigenvalue weighted by Gasteiger charge is 2.19. The number of fused-ring (bicyclic) bond motifs is 1. The van der Waals surface area contributed by atoms with Crippen molar-refractivity contribution >= 4 is 33.9 Å². The van der Waals surface area contributed by atoms with Crippen LogP contribution in [0, 0.1) is 0 Å². The molecule has 0 aliphatic carbocycles. The number of thiazole rings is 1. The summed E-state index contributed by atoms with van der Waals surface area (Å²) in [5.74, 6) is 1.35. The minimum absolute atomic E-state index is 0.182. The van der Waals surface area contributed by atoms with Crippen LogP contribution in [-0.2, 0) is 0 Å². The molecule has 6 rings (SSSR count). The number of hydrogen-bond donors (Lipinski definition) is 3. The fourth-order valence-electron chi connectivity index (χ4n) is 4.14. The third-order valence-corrected chi connectivity index (χ3v) is 6.65. The van der Waals surface area contributed by atoms with Crippen LogP contribution in [0.4, 0.5) is 11.6 Å². The number of hydrogen-bond acceptors (Lipinski definition) is 8. The molecule has 4 heterocycles. The minimum Gasteiger partial charge on any atom is -0.490 e. The van der Waals surface area contributed by atoms with Crippen LogP contribution >= 0.6 is 11.3 Å². The highest BCUT2D eigenvalue weighted by Crippen LogP contribution is 2.36. The molecule has 0 spiro atoms. The lowest BCUT2D eigenvalue weighted by Gasteiger charge is -2.25. The van der Waals surface area contributed by atoms with Gasteiger partial charge in [0.1, 0.15) is 16.9 Å². The maximum absolute atomic E-state index is 6.47. The number of nitrogens with zero attached hydrogens (tertiary/aromatic N) is 4. The molecule has 0 unspecified atom stereocenters. The first-order valence-corrected chi connectivity index (χ1v) is 12.1.